The summed E-state index contributed by atoms with van der Waals surface area (Å²) in [5.74, 6) is 0.0654. The summed E-state index contributed by atoms with van der Waals surface area (Å²) in [4.78, 5) is 19.1. The van der Waals surface area contributed by atoms with Gasteiger partial charge in [-0.3, -0.25) is 0 Å². The maximum atomic E-state index is 11.2. The average Bonchev–Trinajstić information content (AvgIpc) is 2.98. The van der Waals surface area contributed by atoms with Crippen molar-refractivity contribution >= 4 is 45.9 Å². The van der Waals surface area contributed by atoms with Crippen molar-refractivity contribution in [1.29, 1.82) is 0 Å². The standard InChI is InChI=1S/C18H16Cl2N4O2/c19-11-2-1-3-12(20)16(11)24-15(10-7-21-8-10)17-22-13-5-4-9(18(25)26)6-14(13)23-17/h1-6,10,15,21,24H,7-8H2,(H,22,23)(H,25,26). The molecule has 1 saturated heterocycles. The largest absolute Gasteiger partial charge is 0.478 e. The summed E-state index contributed by atoms with van der Waals surface area (Å²) in [7, 11) is 0. The molecule has 2 aromatic carbocycles. The van der Waals surface area contributed by atoms with Crippen molar-refractivity contribution in [2.75, 3.05) is 18.4 Å². The lowest BCUT2D eigenvalue weighted by Gasteiger charge is -2.35. The smallest absolute Gasteiger partial charge is 0.335 e. The van der Waals surface area contributed by atoms with Crippen LogP contribution in [0.5, 0.6) is 0 Å². The molecular formula is C18H16Cl2N4O2. The molecule has 0 aliphatic carbocycles. The molecule has 8 heteroatoms. The second kappa shape index (κ2) is 6.79. The minimum Gasteiger partial charge on any atom is -0.478 e. The summed E-state index contributed by atoms with van der Waals surface area (Å²) < 4.78 is 0. The van der Waals surface area contributed by atoms with Crippen LogP contribution in [0.2, 0.25) is 10.0 Å². The van der Waals surface area contributed by atoms with Crippen LogP contribution in [0.4, 0.5) is 5.69 Å². The molecule has 1 atom stereocenters. The highest BCUT2D eigenvalue weighted by Crippen LogP contribution is 2.36. The van der Waals surface area contributed by atoms with Crippen LogP contribution < -0.4 is 10.6 Å². The third-order valence-electron chi connectivity index (χ3n) is 4.59. The first-order valence-corrected chi connectivity index (χ1v) is 8.93. The summed E-state index contributed by atoms with van der Waals surface area (Å²) in [6, 6.07) is 10.1. The lowest BCUT2D eigenvalue weighted by atomic mass is 9.93. The van der Waals surface area contributed by atoms with Crippen molar-refractivity contribution in [3.05, 3.63) is 57.8 Å². The van der Waals surface area contributed by atoms with Gasteiger partial charge in [0.05, 0.1) is 38.4 Å². The Morgan fingerprint density at radius 1 is 1.23 bits per heavy atom. The fraction of sp³-hybridized carbons (Fsp3) is 0.222. The molecule has 4 N–H and O–H groups in total. The van der Waals surface area contributed by atoms with Crippen LogP contribution in [0, 0.1) is 5.92 Å². The molecule has 1 unspecified atom stereocenters. The van der Waals surface area contributed by atoms with E-state index in [0.29, 0.717) is 32.7 Å². The van der Waals surface area contributed by atoms with Gasteiger partial charge in [-0.1, -0.05) is 29.3 Å². The molecule has 0 amide bonds. The van der Waals surface area contributed by atoms with Crippen LogP contribution >= 0.6 is 23.2 Å². The Morgan fingerprint density at radius 3 is 2.58 bits per heavy atom. The molecule has 1 aliphatic heterocycles. The van der Waals surface area contributed by atoms with Gasteiger partial charge >= 0.3 is 5.97 Å². The van der Waals surface area contributed by atoms with Crippen molar-refractivity contribution in [3.63, 3.8) is 0 Å². The maximum Gasteiger partial charge on any atom is 0.335 e. The molecule has 0 radical (unpaired) electrons. The minimum atomic E-state index is -0.969. The van der Waals surface area contributed by atoms with Gasteiger partial charge in [0, 0.05) is 19.0 Å². The number of rotatable bonds is 5. The number of carboxylic acid groups (broad SMARTS) is 1. The molecule has 2 heterocycles. The number of nitrogens with one attached hydrogen (secondary N) is 3. The highest BCUT2D eigenvalue weighted by atomic mass is 35.5. The molecule has 134 valence electrons. The van der Waals surface area contributed by atoms with Crippen molar-refractivity contribution in [2.24, 2.45) is 5.92 Å². The van der Waals surface area contributed by atoms with Crippen LogP contribution in [0.3, 0.4) is 0 Å². The number of aromatic carboxylic acids is 1. The molecule has 26 heavy (non-hydrogen) atoms. The SMILES string of the molecule is O=C(O)c1ccc2nc(C(Nc3c(Cl)cccc3Cl)C3CNC3)[nH]c2c1. The number of hydrogen-bond acceptors (Lipinski definition) is 4. The molecule has 6 nitrogen and oxygen atoms in total. The predicted octanol–water partition coefficient (Wildman–Crippen LogP) is 3.94. The van der Waals surface area contributed by atoms with Gasteiger partial charge in [0.15, 0.2) is 0 Å². The average molecular weight is 391 g/mol. The number of imidazole rings is 1. The number of aromatic nitrogens is 2. The van der Waals surface area contributed by atoms with E-state index in [1.807, 2.05) is 0 Å². The Balaban J connectivity index is 1.73. The van der Waals surface area contributed by atoms with Gasteiger partial charge in [-0.2, -0.15) is 0 Å². The van der Waals surface area contributed by atoms with E-state index in [9.17, 15) is 4.79 Å². The van der Waals surface area contributed by atoms with Crippen molar-refractivity contribution in [3.8, 4) is 0 Å². The Labute approximate surface area is 159 Å². The second-order valence-corrected chi connectivity index (χ2v) is 7.11. The first-order valence-electron chi connectivity index (χ1n) is 8.17. The number of benzene rings is 2. The quantitative estimate of drug-likeness (QED) is 0.529. The molecule has 1 aromatic heterocycles. The topological polar surface area (TPSA) is 90.0 Å². The van der Waals surface area contributed by atoms with Crippen LogP contribution in [0.15, 0.2) is 36.4 Å². The third-order valence-corrected chi connectivity index (χ3v) is 5.22. The molecule has 0 spiro atoms. The minimum absolute atomic E-state index is 0.130. The molecule has 4 rings (SSSR count). The van der Waals surface area contributed by atoms with Crippen molar-refractivity contribution in [2.45, 2.75) is 6.04 Å². The fourth-order valence-corrected chi connectivity index (χ4v) is 3.56. The van der Waals surface area contributed by atoms with E-state index in [4.69, 9.17) is 28.3 Å². The van der Waals surface area contributed by atoms with Crippen LogP contribution in [-0.4, -0.2) is 34.1 Å². The van der Waals surface area contributed by atoms with E-state index in [1.165, 1.54) is 0 Å². The van der Waals surface area contributed by atoms with Gasteiger partial charge in [-0.05, 0) is 30.3 Å². The molecule has 1 fully saturated rings. The van der Waals surface area contributed by atoms with E-state index < -0.39 is 5.97 Å². The second-order valence-electron chi connectivity index (χ2n) is 6.30. The zero-order valence-electron chi connectivity index (χ0n) is 13.6. The van der Waals surface area contributed by atoms with E-state index in [2.05, 4.69) is 20.6 Å². The maximum absolute atomic E-state index is 11.2. The van der Waals surface area contributed by atoms with Gasteiger partial charge in [0.2, 0.25) is 0 Å². The molecular weight excluding hydrogens is 375 g/mol. The van der Waals surface area contributed by atoms with E-state index in [-0.39, 0.29) is 11.6 Å². The Bertz CT molecular complexity index is 964. The number of carboxylic acids is 1. The lowest BCUT2D eigenvalue weighted by molar-refractivity contribution is 0.0697. The van der Waals surface area contributed by atoms with Crippen LogP contribution in [0.1, 0.15) is 22.2 Å². The number of halogens is 2. The van der Waals surface area contributed by atoms with E-state index in [1.54, 1.807) is 36.4 Å². The molecule has 0 saturated carbocycles. The highest BCUT2D eigenvalue weighted by Gasteiger charge is 2.31. The number of hydrogen-bond donors (Lipinski definition) is 4. The highest BCUT2D eigenvalue weighted by molar-refractivity contribution is 6.39. The van der Waals surface area contributed by atoms with E-state index in [0.717, 1.165) is 18.9 Å². The summed E-state index contributed by atoms with van der Waals surface area (Å²) in [6.07, 6.45) is 0. The first-order chi connectivity index (χ1) is 12.5. The zero-order chi connectivity index (χ0) is 18.3. The monoisotopic (exact) mass is 390 g/mol. The Morgan fingerprint density at radius 2 is 1.96 bits per heavy atom. The first kappa shape index (κ1) is 17.1. The number of para-hydroxylation sites is 1. The summed E-state index contributed by atoms with van der Waals surface area (Å²) >= 11 is 12.6. The molecule has 1 aliphatic rings. The summed E-state index contributed by atoms with van der Waals surface area (Å²) in [5.41, 5.74) is 2.29. The number of anilines is 1. The van der Waals surface area contributed by atoms with Crippen LogP contribution in [0.25, 0.3) is 11.0 Å². The van der Waals surface area contributed by atoms with Crippen LogP contribution in [-0.2, 0) is 0 Å². The van der Waals surface area contributed by atoms with Gasteiger partial charge in [0.1, 0.15) is 5.82 Å². The van der Waals surface area contributed by atoms with Gasteiger partial charge < -0.3 is 20.7 Å². The number of nitrogens with zero attached hydrogens (tertiary/aromatic N) is 1. The van der Waals surface area contributed by atoms with E-state index >= 15 is 0 Å². The number of aromatic amines is 1. The normalized spacial score (nSPS) is 15.6. The van der Waals surface area contributed by atoms with Gasteiger partial charge in [-0.25, -0.2) is 9.78 Å². The fourth-order valence-electron chi connectivity index (χ4n) is 3.06. The van der Waals surface area contributed by atoms with Gasteiger partial charge in [-0.15, -0.1) is 0 Å². The lowest BCUT2D eigenvalue weighted by Crippen LogP contribution is -2.47. The third kappa shape index (κ3) is 3.11. The number of H-pyrrole nitrogens is 1. The van der Waals surface area contributed by atoms with Crippen molar-refractivity contribution < 1.29 is 9.90 Å². The Hall–Kier alpha value is -2.28. The van der Waals surface area contributed by atoms with Gasteiger partial charge in [0.25, 0.3) is 0 Å². The van der Waals surface area contributed by atoms with Crippen molar-refractivity contribution in [1.82, 2.24) is 15.3 Å². The predicted molar refractivity (Wildman–Crippen MR) is 102 cm³/mol. The number of fused-ring (bicyclic) bond motifs is 1. The summed E-state index contributed by atoms with van der Waals surface area (Å²) in [6.45, 7) is 1.69. The molecule has 3 aromatic rings. The zero-order valence-corrected chi connectivity index (χ0v) is 15.1. The molecule has 0 bridgehead atoms. The summed E-state index contributed by atoms with van der Waals surface area (Å²) in [5, 5.41) is 16.9. The Kier molecular flexibility index (Phi) is 4.48. The number of carbonyl (C=O) groups is 1.